The molecule has 1 unspecified atom stereocenters. The van der Waals surface area contributed by atoms with E-state index in [1.807, 2.05) is 0 Å². The Morgan fingerprint density at radius 2 is 1.61 bits per heavy atom. The number of hydrogen-bond acceptors (Lipinski definition) is 5. The van der Waals surface area contributed by atoms with Gasteiger partial charge in [-0.15, -0.1) is 0 Å². The SMILES string of the molecule is CCCCCCCCCCCCC(Oc1cccc([N+](=O)[O-])c1)C(=O)OCC. The zero-order valence-corrected chi connectivity index (χ0v) is 17.4. The largest absolute Gasteiger partial charge is 0.478 e. The Labute approximate surface area is 168 Å². The molecule has 0 fully saturated rings. The molecule has 0 saturated carbocycles. The van der Waals surface area contributed by atoms with E-state index in [0.29, 0.717) is 12.2 Å². The number of esters is 1. The standard InChI is InChI=1S/C22H35NO5/c1-3-5-6-7-8-9-10-11-12-13-17-21(22(24)27-4-2)28-20-16-14-15-19(18-20)23(25)26/h14-16,18,21H,3-13,17H2,1-2H3. The van der Waals surface area contributed by atoms with Crippen molar-refractivity contribution in [2.75, 3.05) is 6.61 Å². The van der Waals surface area contributed by atoms with E-state index < -0.39 is 17.0 Å². The summed E-state index contributed by atoms with van der Waals surface area (Å²) in [5, 5.41) is 10.9. The summed E-state index contributed by atoms with van der Waals surface area (Å²) in [6.45, 7) is 4.26. The molecule has 0 aliphatic heterocycles. The van der Waals surface area contributed by atoms with Crippen LogP contribution in [0.1, 0.15) is 84.5 Å². The highest BCUT2D eigenvalue weighted by molar-refractivity contribution is 5.75. The molecule has 0 spiro atoms. The summed E-state index contributed by atoms with van der Waals surface area (Å²) in [6, 6.07) is 5.91. The number of non-ortho nitro benzene ring substituents is 1. The van der Waals surface area contributed by atoms with E-state index in [2.05, 4.69) is 6.92 Å². The molecule has 1 aromatic rings. The summed E-state index contributed by atoms with van der Waals surface area (Å²) in [5.74, 6) is -0.0933. The number of rotatable bonds is 16. The predicted molar refractivity (Wildman–Crippen MR) is 111 cm³/mol. The first-order valence-corrected chi connectivity index (χ1v) is 10.7. The maximum atomic E-state index is 12.2. The topological polar surface area (TPSA) is 78.7 Å². The fourth-order valence-electron chi connectivity index (χ4n) is 3.11. The number of nitro groups is 1. The third kappa shape index (κ3) is 10.3. The van der Waals surface area contributed by atoms with Gasteiger partial charge >= 0.3 is 5.97 Å². The fraction of sp³-hybridized carbons (Fsp3) is 0.682. The Bertz CT molecular complexity index is 576. The number of ether oxygens (including phenoxy) is 2. The minimum absolute atomic E-state index is 0.0564. The second kappa shape index (κ2) is 14.9. The molecule has 0 aliphatic rings. The third-order valence-electron chi connectivity index (χ3n) is 4.68. The van der Waals surface area contributed by atoms with Gasteiger partial charge in [0.2, 0.25) is 0 Å². The Morgan fingerprint density at radius 3 is 2.18 bits per heavy atom. The van der Waals surface area contributed by atoms with Gasteiger partial charge in [0, 0.05) is 6.07 Å². The lowest BCUT2D eigenvalue weighted by Crippen LogP contribution is -2.29. The quantitative estimate of drug-likeness (QED) is 0.144. The molecule has 0 bridgehead atoms. The number of nitro benzene ring substituents is 1. The molecule has 0 N–H and O–H groups in total. The molecule has 1 aromatic carbocycles. The van der Waals surface area contributed by atoms with Gasteiger partial charge in [-0.3, -0.25) is 10.1 Å². The normalized spacial score (nSPS) is 11.8. The molecular weight excluding hydrogens is 358 g/mol. The van der Waals surface area contributed by atoms with Gasteiger partial charge in [-0.2, -0.15) is 0 Å². The first-order chi connectivity index (χ1) is 13.6. The van der Waals surface area contributed by atoms with Crippen LogP contribution < -0.4 is 4.74 Å². The molecule has 0 aliphatic carbocycles. The predicted octanol–water partition coefficient (Wildman–Crippen LogP) is 6.22. The molecule has 0 aromatic heterocycles. The van der Waals surface area contributed by atoms with Gasteiger partial charge in [0.05, 0.1) is 17.6 Å². The minimum Gasteiger partial charge on any atom is -0.478 e. The first kappa shape index (κ1) is 23.9. The van der Waals surface area contributed by atoms with Crippen molar-refractivity contribution in [1.82, 2.24) is 0 Å². The van der Waals surface area contributed by atoms with Gasteiger partial charge < -0.3 is 9.47 Å². The molecule has 1 atom stereocenters. The number of nitrogens with zero attached hydrogens (tertiary/aromatic N) is 1. The highest BCUT2D eigenvalue weighted by Gasteiger charge is 2.22. The first-order valence-electron chi connectivity index (χ1n) is 10.7. The van der Waals surface area contributed by atoms with Gasteiger partial charge in [0.15, 0.2) is 6.10 Å². The van der Waals surface area contributed by atoms with E-state index in [1.54, 1.807) is 19.1 Å². The number of carbonyl (C=O) groups excluding carboxylic acids is 1. The zero-order valence-electron chi connectivity index (χ0n) is 17.4. The second-order valence-electron chi connectivity index (χ2n) is 7.08. The Hall–Kier alpha value is -2.11. The highest BCUT2D eigenvalue weighted by atomic mass is 16.6. The molecule has 6 heteroatoms. The molecule has 1 rings (SSSR count). The maximum absolute atomic E-state index is 12.2. The lowest BCUT2D eigenvalue weighted by atomic mass is 10.0. The van der Waals surface area contributed by atoms with Crippen LogP contribution in [0.3, 0.4) is 0 Å². The lowest BCUT2D eigenvalue weighted by Gasteiger charge is -2.17. The third-order valence-corrected chi connectivity index (χ3v) is 4.68. The van der Waals surface area contributed by atoms with Gasteiger partial charge in [0.1, 0.15) is 5.75 Å². The number of benzene rings is 1. The monoisotopic (exact) mass is 393 g/mol. The van der Waals surface area contributed by atoms with E-state index in [9.17, 15) is 14.9 Å². The summed E-state index contributed by atoms with van der Waals surface area (Å²) in [5.41, 5.74) is -0.0564. The van der Waals surface area contributed by atoms with E-state index in [-0.39, 0.29) is 12.3 Å². The van der Waals surface area contributed by atoms with E-state index in [1.165, 1.54) is 57.1 Å². The molecule has 0 amide bonds. The summed E-state index contributed by atoms with van der Waals surface area (Å²) in [7, 11) is 0. The maximum Gasteiger partial charge on any atom is 0.347 e. The molecular formula is C22H35NO5. The molecule has 6 nitrogen and oxygen atoms in total. The van der Waals surface area contributed by atoms with Crippen LogP contribution in [0.4, 0.5) is 5.69 Å². The molecule has 0 saturated heterocycles. The molecule has 0 radical (unpaired) electrons. The van der Waals surface area contributed by atoms with Crippen LogP contribution in [-0.4, -0.2) is 23.6 Å². The Kier molecular flexibility index (Phi) is 12.7. The van der Waals surface area contributed by atoms with Crippen molar-refractivity contribution < 1.29 is 19.2 Å². The van der Waals surface area contributed by atoms with Crippen molar-refractivity contribution in [3.63, 3.8) is 0 Å². The van der Waals surface area contributed by atoms with Gasteiger partial charge in [-0.1, -0.05) is 70.8 Å². The lowest BCUT2D eigenvalue weighted by molar-refractivity contribution is -0.385. The minimum atomic E-state index is -0.726. The highest BCUT2D eigenvalue weighted by Crippen LogP contribution is 2.22. The van der Waals surface area contributed by atoms with Crippen LogP contribution in [0.5, 0.6) is 5.75 Å². The number of hydrogen-bond donors (Lipinski definition) is 0. The van der Waals surface area contributed by atoms with Crippen LogP contribution in [0.25, 0.3) is 0 Å². The average molecular weight is 394 g/mol. The van der Waals surface area contributed by atoms with Crippen LogP contribution in [0.15, 0.2) is 24.3 Å². The summed E-state index contributed by atoms with van der Waals surface area (Å²) in [4.78, 5) is 22.6. The van der Waals surface area contributed by atoms with Crippen LogP contribution in [0, 0.1) is 10.1 Å². The Morgan fingerprint density at radius 1 is 1.00 bits per heavy atom. The summed E-state index contributed by atoms with van der Waals surface area (Å²) < 4.78 is 10.8. The van der Waals surface area contributed by atoms with Crippen LogP contribution in [0.2, 0.25) is 0 Å². The fourth-order valence-corrected chi connectivity index (χ4v) is 3.11. The van der Waals surface area contributed by atoms with Gasteiger partial charge in [0.25, 0.3) is 5.69 Å². The number of carbonyl (C=O) groups is 1. The smallest absolute Gasteiger partial charge is 0.347 e. The van der Waals surface area contributed by atoms with Crippen molar-refractivity contribution in [1.29, 1.82) is 0 Å². The summed E-state index contributed by atoms with van der Waals surface area (Å²) >= 11 is 0. The summed E-state index contributed by atoms with van der Waals surface area (Å²) in [6.07, 6.45) is 12.0. The number of unbranched alkanes of at least 4 members (excludes halogenated alkanes) is 9. The van der Waals surface area contributed by atoms with Crippen molar-refractivity contribution >= 4 is 11.7 Å². The van der Waals surface area contributed by atoms with Crippen LogP contribution in [-0.2, 0) is 9.53 Å². The van der Waals surface area contributed by atoms with Gasteiger partial charge in [-0.25, -0.2) is 4.79 Å². The van der Waals surface area contributed by atoms with Crippen molar-refractivity contribution in [3.8, 4) is 5.75 Å². The molecule has 0 heterocycles. The second-order valence-corrected chi connectivity index (χ2v) is 7.08. The molecule has 158 valence electrons. The van der Waals surface area contributed by atoms with Crippen molar-refractivity contribution in [3.05, 3.63) is 34.4 Å². The van der Waals surface area contributed by atoms with E-state index in [0.717, 1.165) is 19.3 Å². The van der Waals surface area contributed by atoms with Crippen LogP contribution >= 0.6 is 0 Å². The average Bonchev–Trinajstić information content (AvgIpc) is 2.68. The Balaban J connectivity index is 2.37. The van der Waals surface area contributed by atoms with E-state index in [4.69, 9.17) is 9.47 Å². The van der Waals surface area contributed by atoms with E-state index >= 15 is 0 Å². The zero-order chi connectivity index (χ0) is 20.6. The van der Waals surface area contributed by atoms with Crippen molar-refractivity contribution in [2.24, 2.45) is 0 Å². The molecule has 28 heavy (non-hydrogen) atoms. The van der Waals surface area contributed by atoms with Crippen molar-refractivity contribution in [2.45, 2.75) is 90.6 Å². The van der Waals surface area contributed by atoms with Gasteiger partial charge in [-0.05, 0) is 25.8 Å².